The molecule has 0 spiro atoms. The van der Waals surface area contributed by atoms with E-state index in [1.54, 1.807) is 6.20 Å². The Labute approximate surface area is 190 Å². The van der Waals surface area contributed by atoms with Crippen molar-refractivity contribution < 1.29 is 5.11 Å². The maximum atomic E-state index is 10.4. The van der Waals surface area contributed by atoms with Gasteiger partial charge in [0.2, 0.25) is 0 Å². The minimum absolute atomic E-state index is 0.634. The normalized spacial score (nSPS) is 18.8. The first-order valence-electron chi connectivity index (χ1n) is 11.2. The Kier molecular flexibility index (Phi) is 4.55. The van der Waals surface area contributed by atoms with Gasteiger partial charge in [0.25, 0.3) is 0 Å². The Hall–Kier alpha value is -3.91. The average molecular weight is 440 g/mol. The SMILES string of the molecule is C[C@@]1(O)CCCN(c2ccc(Nc3nc(-c4ccc5cn[nH]c5c4)cn4ccnc34)cc2)C1. The molecular formula is C25H25N7O. The summed E-state index contributed by atoms with van der Waals surface area (Å²) in [6.07, 6.45) is 9.33. The van der Waals surface area contributed by atoms with Crippen molar-refractivity contribution in [2.75, 3.05) is 23.3 Å². The van der Waals surface area contributed by atoms with Crippen molar-refractivity contribution in [2.24, 2.45) is 0 Å². The van der Waals surface area contributed by atoms with E-state index < -0.39 is 5.60 Å². The molecule has 0 radical (unpaired) electrons. The van der Waals surface area contributed by atoms with Gasteiger partial charge in [-0.2, -0.15) is 5.10 Å². The van der Waals surface area contributed by atoms with Crippen LogP contribution in [0.25, 0.3) is 27.8 Å². The summed E-state index contributed by atoms with van der Waals surface area (Å²) in [4.78, 5) is 11.6. The molecule has 8 heteroatoms. The van der Waals surface area contributed by atoms with Crippen molar-refractivity contribution in [1.29, 1.82) is 0 Å². The number of aromatic nitrogens is 5. The van der Waals surface area contributed by atoms with Crippen molar-refractivity contribution in [1.82, 2.24) is 24.6 Å². The van der Waals surface area contributed by atoms with Crippen LogP contribution in [0.4, 0.5) is 17.2 Å². The fraction of sp³-hybridized carbons (Fsp3) is 0.240. The van der Waals surface area contributed by atoms with Gasteiger partial charge in [0.05, 0.1) is 23.0 Å². The molecule has 0 bridgehead atoms. The zero-order valence-corrected chi connectivity index (χ0v) is 18.4. The Morgan fingerprint density at radius 3 is 2.88 bits per heavy atom. The number of hydrogen-bond acceptors (Lipinski definition) is 6. The first-order valence-corrected chi connectivity index (χ1v) is 11.2. The number of imidazole rings is 1. The standard InChI is InChI=1S/C25H25N7O/c1-25(33)9-2-11-32(16-25)20-7-5-19(6-8-20)28-23-24-26-10-12-31(24)15-22(29-23)17-3-4-18-14-27-30-21(18)13-17/h3-8,10,12-15,33H,2,9,11,16H2,1H3,(H,27,30)(H,28,29)/t25-/m1/s1. The molecule has 1 aliphatic heterocycles. The van der Waals surface area contributed by atoms with Gasteiger partial charge in [0.15, 0.2) is 11.5 Å². The summed E-state index contributed by atoms with van der Waals surface area (Å²) in [5.74, 6) is 0.691. The van der Waals surface area contributed by atoms with E-state index in [9.17, 15) is 5.11 Å². The summed E-state index contributed by atoms with van der Waals surface area (Å²) in [6.45, 7) is 3.52. The predicted molar refractivity (Wildman–Crippen MR) is 130 cm³/mol. The number of β-amino-alcohol motifs (C(OH)–C–C–N with tert-alkyl or cyclic N) is 1. The van der Waals surface area contributed by atoms with Crippen LogP contribution in [0.15, 0.2) is 67.3 Å². The molecule has 1 atom stereocenters. The highest BCUT2D eigenvalue weighted by Crippen LogP contribution is 2.29. The minimum atomic E-state index is -0.634. The smallest absolute Gasteiger partial charge is 0.180 e. The van der Waals surface area contributed by atoms with E-state index in [4.69, 9.17) is 4.98 Å². The highest BCUT2D eigenvalue weighted by Gasteiger charge is 2.28. The number of benzene rings is 2. The number of piperidine rings is 1. The fourth-order valence-corrected chi connectivity index (χ4v) is 4.58. The highest BCUT2D eigenvalue weighted by molar-refractivity contribution is 5.84. The second kappa shape index (κ2) is 7.60. The Balaban J connectivity index is 1.31. The van der Waals surface area contributed by atoms with E-state index in [1.807, 2.05) is 48.1 Å². The van der Waals surface area contributed by atoms with Crippen molar-refractivity contribution in [3.05, 3.63) is 67.3 Å². The Bertz CT molecular complexity index is 1430. The van der Waals surface area contributed by atoms with Gasteiger partial charge in [-0.05, 0) is 50.1 Å². The maximum Gasteiger partial charge on any atom is 0.180 e. The molecular weight excluding hydrogens is 414 g/mol. The molecule has 166 valence electrons. The molecule has 1 fully saturated rings. The van der Waals surface area contributed by atoms with Crippen LogP contribution in [-0.2, 0) is 0 Å². The molecule has 1 aliphatic rings. The largest absolute Gasteiger partial charge is 0.388 e. The summed E-state index contributed by atoms with van der Waals surface area (Å²) in [7, 11) is 0. The molecule has 0 unspecified atom stereocenters. The monoisotopic (exact) mass is 439 g/mol. The molecule has 3 aromatic heterocycles. The first kappa shape index (κ1) is 19.8. The van der Waals surface area contributed by atoms with E-state index in [0.29, 0.717) is 12.4 Å². The molecule has 0 saturated carbocycles. The van der Waals surface area contributed by atoms with Gasteiger partial charge < -0.3 is 19.7 Å². The molecule has 4 heterocycles. The molecule has 2 aromatic carbocycles. The lowest BCUT2D eigenvalue weighted by molar-refractivity contribution is 0.0449. The lowest BCUT2D eigenvalue weighted by Gasteiger charge is -2.38. The number of anilines is 3. The van der Waals surface area contributed by atoms with Crippen molar-refractivity contribution in [3.8, 4) is 11.3 Å². The Morgan fingerprint density at radius 1 is 1.15 bits per heavy atom. The average Bonchev–Trinajstić information content (AvgIpc) is 3.48. The van der Waals surface area contributed by atoms with Gasteiger partial charge >= 0.3 is 0 Å². The zero-order valence-electron chi connectivity index (χ0n) is 18.4. The van der Waals surface area contributed by atoms with Gasteiger partial charge in [-0.25, -0.2) is 9.97 Å². The van der Waals surface area contributed by atoms with E-state index in [2.05, 4.69) is 49.7 Å². The number of hydrogen-bond donors (Lipinski definition) is 3. The fourth-order valence-electron chi connectivity index (χ4n) is 4.58. The zero-order chi connectivity index (χ0) is 22.4. The third-order valence-electron chi connectivity index (χ3n) is 6.28. The van der Waals surface area contributed by atoms with E-state index >= 15 is 0 Å². The third kappa shape index (κ3) is 3.78. The number of H-pyrrole nitrogens is 1. The van der Waals surface area contributed by atoms with Crippen LogP contribution in [0.3, 0.4) is 0 Å². The van der Waals surface area contributed by atoms with E-state index in [0.717, 1.165) is 58.6 Å². The van der Waals surface area contributed by atoms with Crippen molar-refractivity contribution in [2.45, 2.75) is 25.4 Å². The van der Waals surface area contributed by atoms with Crippen LogP contribution in [-0.4, -0.2) is 48.4 Å². The topological polar surface area (TPSA) is 94.4 Å². The van der Waals surface area contributed by atoms with Gasteiger partial charge in [-0.3, -0.25) is 5.10 Å². The van der Waals surface area contributed by atoms with Gasteiger partial charge in [0, 0.05) is 54.0 Å². The number of aromatic amines is 1. The summed E-state index contributed by atoms with van der Waals surface area (Å²) in [5.41, 5.74) is 4.98. The van der Waals surface area contributed by atoms with Crippen LogP contribution in [0.5, 0.6) is 0 Å². The van der Waals surface area contributed by atoms with Crippen molar-refractivity contribution in [3.63, 3.8) is 0 Å². The highest BCUT2D eigenvalue weighted by atomic mass is 16.3. The first-order chi connectivity index (χ1) is 16.0. The van der Waals surface area contributed by atoms with Crippen LogP contribution >= 0.6 is 0 Å². The van der Waals surface area contributed by atoms with Crippen molar-refractivity contribution >= 4 is 33.7 Å². The second-order valence-corrected chi connectivity index (χ2v) is 9.00. The predicted octanol–water partition coefficient (Wildman–Crippen LogP) is 4.37. The van der Waals surface area contributed by atoms with Crippen LogP contribution in [0.2, 0.25) is 0 Å². The molecule has 1 saturated heterocycles. The number of nitrogens with zero attached hydrogens (tertiary/aromatic N) is 5. The van der Waals surface area contributed by atoms with Crippen LogP contribution in [0, 0.1) is 0 Å². The molecule has 3 N–H and O–H groups in total. The van der Waals surface area contributed by atoms with Gasteiger partial charge in [-0.15, -0.1) is 0 Å². The van der Waals surface area contributed by atoms with Gasteiger partial charge in [0.1, 0.15) is 0 Å². The quantitative estimate of drug-likeness (QED) is 0.385. The number of nitrogens with one attached hydrogen (secondary N) is 2. The number of aliphatic hydroxyl groups is 1. The van der Waals surface area contributed by atoms with Crippen LogP contribution < -0.4 is 10.2 Å². The molecule has 6 rings (SSSR count). The molecule has 0 amide bonds. The molecule has 8 nitrogen and oxygen atoms in total. The summed E-state index contributed by atoms with van der Waals surface area (Å²) >= 11 is 0. The van der Waals surface area contributed by atoms with Gasteiger partial charge in [-0.1, -0.05) is 12.1 Å². The lowest BCUT2D eigenvalue weighted by atomic mass is 9.95. The molecule has 0 aliphatic carbocycles. The van der Waals surface area contributed by atoms with Crippen LogP contribution in [0.1, 0.15) is 19.8 Å². The minimum Gasteiger partial charge on any atom is -0.388 e. The summed E-state index contributed by atoms with van der Waals surface area (Å²) in [6, 6.07) is 14.4. The number of rotatable bonds is 4. The second-order valence-electron chi connectivity index (χ2n) is 9.00. The molecule has 5 aromatic rings. The van der Waals surface area contributed by atoms with E-state index in [-0.39, 0.29) is 0 Å². The maximum absolute atomic E-state index is 10.4. The van der Waals surface area contributed by atoms with E-state index in [1.165, 1.54) is 0 Å². The third-order valence-corrected chi connectivity index (χ3v) is 6.28. The Morgan fingerprint density at radius 2 is 2.03 bits per heavy atom. The molecule has 33 heavy (non-hydrogen) atoms. The lowest BCUT2D eigenvalue weighted by Crippen LogP contribution is -2.46. The number of fused-ring (bicyclic) bond motifs is 2. The summed E-state index contributed by atoms with van der Waals surface area (Å²) in [5, 5.41) is 22.1. The summed E-state index contributed by atoms with van der Waals surface area (Å²) < 4.78 is 1.98.